The molecule has 0 saturated heterocycles. The molecule has 0 atom stereocenters. The molecule has 27 heavy (non-hydrogen) atoms. The van der Waals surface area contributed by atoms with Crippen LogP contribution in [0.2, 0.25) is 0 Å². The molecule has 0 aliphatic rings. The fourth-order valence-corrected chi connectivity index (χ4v) is 3.81. The van der Waals surface area contributed by atoms with Crippen molar-refractivity contribution in [3.8, 4) is 11.5 Å². The molecule has 0 aliphatic heterocycles. The number of aromatic nitrogens is 1. The smallest absolute Gasteiger partial charge is 0.244 e. The molecule has 0 saturated carbocycles. The summed E-state index contributed by atoms with van der Waals surface area (Å²) in [5, 5.41) is 4.12. The molecule has 9 heteroatoms. The fraction of sp³-hybridized carbons (Fsp3) is 0.333. The second kappa shape index (κ2) is 9.33. The summed E-state index contributed by atoms with van der Waals surface area (Å²) in [7, 11) is -0.372. The van der Waals surface area contributed by atoms with E-state index in [1.54, 1.807) is 52.5 Å². The van der Waals surface area contributed by atoms with Gasteiger partial charge >= 0.3 is 0 Å². The van der Waals surface area contributed by atoms with Gasteiger partial charge in [0.05, 0.1) is 20.4 Å². The molecule has 0 amide bonds. The SMILES string of the molecule is CCN(CC)S(=O)(=O)c1ccc(N/N=C/c2ccc(OC)cc2OC)nc1. The van der Waals surface area contributed by atoms with E-state index in [-0.39, 0.29) is 4.90 Å². The van der Waals surface area contributed by atoms with Gasteiger partial charge in [-0.15, -0.1) is 0 Å². The number of nitrogens with one attached hydrogen (secondary N) is 1. The normalized spacial score (nSPS) is 11.7. The maximum absolute atomic E-state index is 12.4. The Labute approximate surface area is 159 Å². The third-order valence-electron chi connectivity index (χ3n) is 3.90. The zero-order chi connectivity index (χ0) is 19.9. The Morgan fingerprint density at radius 2 is 1.89 bits per heavy atom. The summed E-state index contributed by atoms with van der Waals surface area (Å²) in [6.07, 6.45) is 2.90. The number of sulfonamides is 1. The Morgan fingerprint density at radius 3 is 2.44 bits per heavy atom. The summed E-state index contributed by atoms with van der Waals surface area (Å²) in [6.45, 7) is 4.42. The number of rotatable bonds is 9. The van der Waals surface area contributed by atoms with E-state index in [1.807, 2.05) is 6.07 Å². The summed E-state index contributed by atoms with van der Waals surface area (Å²) >= 11 is 0. The van der Waals surface area contributed by atoms with Gasteiger partial charge in [0.15, 0.2) is 0 Å². The third kappa shape index (κ3) is 4.95. The standard InChI is InChI=1S/C18H24N4O4S/c1-5-22(6-2)27(23,24)16-9-10-18(19-13-16)21-20-12-14-7-8-15(25-3)11-17(14)26-4/h7-13H,5-6H2,1-4H3,(H,19,21)/b20-12+. The van der Waals surface area contributed by atoms with Crippen LogP contribution in [0.4, 0.5) is 5.82 Å². The Morgan fingerprint density at radius 1 is 1.15 bits per heavy atom. The lowest BCUT2D eigenvalue weighted by atomic mass is 10.2. The number of pyridine rings is 1. The first kappa shape index (κ1) is 20.7. The van der Waals surface area contributed by atoms with Gasteiger partial charge in [-0.25, -0.2) is 13.4 Å². The van der Waals surface area contributed by atoms with Gasteiger partial charge in [-0.3, -0.25) is 5.43 Å². The first-order valence-corrected chi connectivity index (χ1v) is 9.87. The average molecular weight is 392 g/mol. The minimum atomic E-state index is -3.52. The number of hydrogen-bond donors (Lipinski definition) is 1. The van der Waals surface area contributed by atoms with E-state index in [1.165, 1.54) is 16.6 Å². The zero-order valence-electron chi connectivity index (χ0n) is 15.8. The van der Waals surface area contributed by atoms with Crippen LogP contribution in [0.5, 0.6) is 11.5 Å². The molecule has 0 unspecified atom stereocenters. The molecule has 0 fully saturated rings. The summed E-state index contributed by atoms with van der Waals surface area (Å²) in [6, 6.07) is 8.45. The van der Waals surface area contributed by atoms with Crippen molar-refractivity contribution in [2.75, 3.05) is 32.7 Å². The van der Waals surface area contributed by atoms with Crippen molar-refractivity contribution in [3.05, 3.63) is 42.1 Å². The molecule has 1 aromatic carbocycles. The molecule has 1 heterocycles. The molecule has 2 aromatic rings. The molecule has 1 N–H and O–H groups in total. The highest BCUT2D eigenvalue weighted by Crippen LogP contribution is 2.23. The fourth-order valence-electron chi connectivity index (χ4n) is 2.40. The highest BCUT2D eigenvalue weighted by atomic mass is 32.2. The van der Waals surface area contributed by atoms with E-state index in [0.717, 1.165) is 5.56 Å². The molecular formula is C18H24N4O4S. The number of ether oxygens (including phenoxy) is 2. The van der Waals surface area contributed by atoms with Crippen LogP contribution in [-0.2, 0) is 10.0 Å². The lowest BCUT2D eigenvalue weighted by Gasteiger charge is -2.18. The number of benzene rings is 1. The number of nitrogens with zero attached hydrogens (tertiary/aromatic N) is 3. The largest absolute Gasteiger partial charge is 0.497 e. The lowest BCUT2D eigenvalue weighted by Crippen LogP contribution is -2.30. The average Bonchev–Trinajstić information content (AvgIpc) is 2.69. The van der Waals surface area contributed by atoms with Crippen LogP contribution in [0.3, 0.4) is 0 Å². The Kier molecular flexibility index (Phi) is 7.14. The van der Waals surface area contributed by atoms with E-state index in [2.05, 4.69) is 15.5 Å². The van der Waals surface area contributed by atoms with Crippen molar-refractivity contribution >= 4 is 22.1 Å². The van der Waals surface area contributed by atoms with Crippen molar-refractivity contribution in [3.63, 3.8) is 0 Å². The van der Waals surface area contributed by atoms with Gasteiger partial charge < -0.3 is 9.47 Å². The third-order valence-corrected chi connectivity index (χ3v) is 5.94. The van der Waals surface area contributed by atoms with Gasteiger partial charge in [0.25, 0.3) is 0 Å². The van der Waals surface area contributed by atoms with E-state index < -0.39 is 10.0 Å². The molecular weight excluding hydrogens is 368 g/mol. The van der Waals surface area contributed by atoms with E-state index >= 15 is 0 Å². The van der Waals surface area contributed by atoms with Crippen LogP contribution in [-0.4, -0.2) is 51.2 Å². The van der Waals surface area contributed by atoms with Gasteiger partial charge in [-0.1, -0.05) is 13.8 Å². The maximum Gasteiger partial charge on any atom is 0.244 e. The van der Waals surface area contributed by atoms with Crippen LogP contribution >= 0.6 is 0 Å². The number of hydrazone groups is 1. The van der Waals surface area contributed by atoms with Gasteiger partial charge in [-0.05, 0) is 24.3 Å². The van der Waals surface area contributed by atoms with Crippen LogP contribution in [0.25, 0.3) is 0 Å². The van der Waals surface area contributed by atoms with E-state index in [0.29, 0.717) is 30.4 Å². The van der Waals surface area contributed by atoms with E-state index in [4.69, 9.17) is 9.47 Å². The molecule has 0 bridgehead atoms. The topological polar surface area (TPSA) is 93.1 Å². The van der Waals surface area contributed by atoms with Crippen molar-refractivity contribution in [2.24, 2.45) is 5.10 Å². The highest BCUT2D eigenvalue weighted by Gasteiger charge is 2.21. The minimum absolute atomic E-state index is 0.151. The highest BCUT2D eigenvalue weighted by molar-refractivity contribution is 7.89. The lowest BCUT2D eigenvalue weighted by molar-refractivity contribution is 0.394. The van der Waals surface area contributed by atoms with Crippen LogP contribution in [0, 0.1) is 0 Å². The quantitative estimate of drug-likeness (QED) is 0.521. The number of hydrogen-bond acceptors (Lipinski definition) is 7. The van der Waals surface area contributed by atoms with Crippen LogP contribution in [0.15, 0.2) is 46.5 Å². The summed E-state index contributed by atoms with van der Waals surface area (Å²) in [4.78, 5) is 4.27. The minimum Gasteiger partial charge on any atom is -0.497 e. The maximum atomic E-state index is 12.4. The Bertz CT molecular complexity index is 879. The molecule has 1 aromatic heterocycles. The van der Waals surface area contributed by atoms with Crippen molar-refractivity contribution < 1.29 is 17.9 Å². The predicted molar refractivity (Wildman–Crippen MR) is 105 cm³/mol. The number of anilines is 1. The van der Waals surface area contributed by atoms with Gasteiger partial charge in [0.2, 0.25) is 10.0 Å². The second-order valence-corrected chi connectivity index (χ2v) is 7.38. The Hall–Kier alpha value is -2.65. The predicted octanol–water partition coefficient (Wildman–Crippen LogP) is 2.58. The van der Waals surface area contributed by atoms with Gasteiger partial charge in [0.1, 0.15) is 22.2 Å². The Balaban J connectivity index is 2.10. The second-order valence-electron chi connectivity index (χ2n) is 5.45. The van der Waals surface area contributed by atoms with Gasteiger partial charge in [0, 0.05) is 30.9 Å². The van der Waals surface area contributed by atoms with Crippen LogP contribution in [0.1, 0.15) is 19.4 Å². The molecule has 0 radical (unpaired) electrons. The molecule has 8 nitrogen and oxygen atoms in total. The number of methoxy groups -OCH3 is 2. The molecule has 0 spiro atoms. The monoisotopic (exact) mass is 392 g/mol. The van der Waals surface area contributed by atoms with Crippen molar-refractivity contribution in [2.45, 2.75) is 18.7 Å². The van der Waals surface area contributed by atoms with Crippen LogP contribution < -0.4 is 14.9 Å². The molecule has 0 aliphatic carbocycles. The first-order chi connectivity index (χ1) is 13.0. The van der Waals surface area contributed by atoms with Crippen molar-refractivity contribution in [1.82, 2.24) is 9.29 Å². The van der Waals surface area contributed by atoms with E-state index in [9.17, 15) is 8.42 Å². The summed E-state index contributed by atoms with van der Waals surface area (Å²) in [5.41, 5.74) is 3.53. The van der Waals surface area contributed by atoms with Gasteiger partial charge in [-0.2, -0.15) is 9.41 Å². The molecule has 2 rings (SSSR count). The summed E-state index contributed by atoms with van der Waals surface area (Å²) < 4.78 is 36.7. The molecule has 146 valence electrons. The summed E-state index contributed by atoms with van der Waals surface area (Å²) in [5.74, 6) is 1.73. The zero-order valence-corrected chi connectivity index (χ0v) is 16.7. The van der Waals surface area contributed by atoms with Crippen molar-refractivity contribution in [1.29, 1.82) is 0 Å². The first-order valence-electron chi connectivity index (χ1n) is 8.43.